The lowest BCUT2D eigenvalue weighted by Crippen LogP contribution is -2.21. The lowest BCUT2D eigenvalue weighted by Gasteiger charge is -2.16. The van der Waals surface area contributed by atoms with Crippen LogP contribution in [-0.4, -0.2) is 16.5 Å². The fourth-order valence-corrected chi connectivity index (χ4v) is 2.61. The summed E-state index contributed by atoms with van der Waals surface area (Å²) in [7, 11) is 0. The van der Waals surface area contributed by atoms with Gasteiger partial charge in [-0.3, -0.25) is 4.98 Å². The maximum Gasteiger partial charge on any atom is 0.443 e. The Labute approximate surface area is 116 Å². The van der Waals surface area contributed by atoms with Gasteiger partial charge in [0.1, 0.15) is 5.82 Å². The molecule has 0 aliphatic heterocycles. The van der Waals surface area contributed by atoms with Crippen LogP contribution in [0.4, 0.5) is 17.6 Å². The standard InChI is InChI=1S/C12H11F4N3S/c1-2-18-10(7-3-8(13)5-17-4-7)9-6-19-11(20-9)12(14,15)16/h3-6,10,18H,2H2,1H3. The highest BCUT2D eigenvalue weighted by atomic mass is 32.1. The number of nitrogens with zero attached hydrogens (tertiary/aromatic N) is 2. The first kappa shape index (κ1) is 14.9. The largest absolute Gasteiger partial charge is 0.443 e. The second kappa shape index (κ2) is 5.84. The number of hydrogen-bond donors (Lipinski definition) is 1. The van der Waals surface area contributed by atoms with Crippen molar-refractivity contribution in [3.8, 4) is 0 Å². The minimum absolute atomic E-state index is 0.367. The lowest BCUT2D eigenvalue weighted by atomic mass is 10.1. The summed E-state index contributed by atoms with van der Waals surface area (Å²) in [4.78, 5) is 7.46. The molecule has 1 N–H and O–H groups in total. The maximum absolute atomic E-state index is 13.2. The van der Waals surface area contributed by atoms with Gasteiger partial charge >= 0.3 is 6.18 Å². The molecule has 0 saturated carbocycles. The molecule has 1 unspecified atom stereocenters. The van der Waals surface area contributed by atoms with Crippen LogP contribution < -0.4 is 5.32 Å². The number of hydrogen-bond acceptors (Lipinski definition) is 4. The topological polar surface area (TPSA) is 37.8 Å². The first-order valence-electron chi connectivity index (χ1n) is 5.78. The second-order valence-electron chi connectivity index (χ2n) is 3.99. The van der Waals surface area contributed by atoms with Crippen molar-refractivity contribution >= 4 is 11.3 Å². The molecule has 0 amide bonds. The Morgan fingerprint density at radius 2 is 2.05 bits per heavy atom. The van der Waals surface area contributed by atoms with Crippen LogP contribution in [0.3, 0.4) is 0 Å². The second-order valence-corrected chi connectivity index (χ2v) is 5.05. The van der Waals surface area contributed by atoms with Crippen molar-refractivity contribution < 1.29 is 17.6 Å². The van der Waals surface area contributed by atoms with Gasteiger partial charge in [-0.05, 0) is 18.2 Å². The summed E-state index contributed by atoms with van der Waals surface area (Å²) in [6.07, 6.45) is -0.852. The van der Waals surface area contributed by atoms with Gasteiger partial charge in [0.15, 0.2) is 5.01 Å². The van der Waals surface area contributed by atoms with Crippen LogP contribution in [-0.2, 0) is 6.18 Å². The van der Waals surface area contributed by atoms with Crippen LogP contribution in [0, 0.1) is 5.82 Å². The van der Waals surface area contributed by atoms with Gasteiger partial charge in [-0.15, -0.1) is 11.3 Å². The zero-order valence-electron chi connectivity index (χ0n) is 10.4. The molecule has 8 heteroatoms. The molecular formula is C12H11F4N3S. The highest BCUT2D eigenvalue weighted by Gasteiger charge is 2.35. The summed E-state index contributed by atoms with van der Waals surface area (Å²) >= 11 is 0.540. The fourth-order valence-electron chi connectivity index (χ4n) is 1.72. The molecule has 2 heterocycles. The first-order chi connectivity index (χ1) is 9.41. The number of halogens is 4. The van der Waals surface area contributed by atoms with E-state index in [0.717, 1.165) is 12.4 Å². The smallest absolute Gasteiger partial charge is 0.306 e. The third-order valence-corrected chi connectivity index (χ3v) is 3.63. The van der Waals surface area contributed by atoms with Crippen molar-refractivity contribution in [3.05, 3.63) is 45.9 Å². The summed E-state index contributed by atoms with van der Waals surface area (Å²) < 4.78 is 50.9. The van der Waals surface area contributed by atoms with Crippen molar-refractivity contribution in [2.45, 2.75) is 19.1 Å². The average molecular weight is 305 g/mol. The highest BCUT2D eigenvalue weighted by Crippen LogP contribution is 2.35. The zero-order valence-corrected chi connectivity index (χ0v) is 11.2. The van der Waals surface area contributed by atoms with E-state index in [0.29, 0.717) is 28.3 Å². The van der Waals surface area contributed by atoms with E-state index in [9.17, 15) is 17.6 Å². The van der Waals surface area contributed by atoms with E-state index in [1.807, 2.05) is 6.92 Å². The monoisotopic (exact) mass is 305 g/mol. The lowest BCUT2D eigenvalue weighted by molar-refractivity contribution is -0.137. The average Bonchev–Trinajstić information content (AvgIpc) is 2.85. The summed E-state index contributed by atoms with van der Waals surface area (Å²) in [6, 6.07) is 0.685. The van der Waals surface area contributed by atoms with Crippen LogP contribution in [0.25, 0.3) is 0 Å². The molecule has 108 valence electrons. The molecule has 2 aromatic rings. The highest BCUT2D eigenvalue weighted by molar-refractivity contribution is 7.11. The Hall–Kier alpha value is -1.54. The van der Waals surface area contributed by atoms with Gasteiger partial charge in [-0.1, -0.05) is 6.92 Å². The number of alkyl halides is 3. The van der Waals surface area contributed by atoms with Crippen molar-refractivity contribution in [1.82, 2.24) is 15.3 Å². The van der Waals surface area contributed by atoms with Crippen molar-refractivity contribution in [2.24, 2.45) is 0 Å². The summed E-state index contributed by atoms with van der Waals surface area (Å²) in [6.45, 7) is 2.33. The summed E-state index contributed by atoms with van der Waals surface area (Å²) in [5.41, 5.74) is 0.462. The van der Waals surface area contributed by atoms with Gasteiger partial charge in [-0.2, -0.15) is 13.2 Å². The van der Waals surface area contributed by atoms with Crippen LogP contribution in [0.1, 0.15) is 28.4 Å². The van der Waals surface area contributed by atoms with Gasteiger partial charge < -0.3 is 5.32 Å². The van der Waals surface area contributed by atoms with E-state index < -0.39 is 23.0 Å². The summed E-state index contributed by atoms with van der Waals surface area (Å²) in [5.74, 6) is -0.536. The van der Waals surface area contributed by atoms with Gasteiger partial charge in [0.25, 0.3) is 0 Å². The molecule has 0 aliphatic rings. The third-order valence-electron chi connectivity index (χ3n) is 2.52. The Bertz CT molecular complexity index is 582. The van der Waals surface area contributed by atoms with Crippen LogP contribution >= 0.6 is 11.3 Å². The van der Waals surface area contributed by atoms with Crippen LogP contribution in [0.5, 0.6) is 0 Å². The van der Waals surface area contributed by atoms with E-state index in [-0.39, 0.29) is 0 Å². The quantitative estimate of drug-likeness (QED) is 0.880. The molecule has 0 bridgehead atoms. The SMILES string of the molecule is CCNC(c1cncc(F)c1)c1cnc(C(F)(F)F)s1. The maximum atomic E-state index is 13.2. The van der Waals surface area contributed by atoms with Crippen LogP contribution in [0.2, 0.25) is 0 Å². The first-order valence-corrected chi connectivity index (χ1v) is 6.60. The number of rotatable bonds is 4. The van der Waals surface area contributed by atoms with E-state index >= 15 is 0 Å². The molecule has 0 spiro atoms. The Morgan fingerprint density at radius 3 is 2.60 bits per heavy atom. The van der Waals surface area contributed by atoms with Crippen molar-refractivity contribution in [1.29, 1.82) is 0 Å². The molecule has 20 heavy (non-hydrogen) atoms. The van der Waals surface area contributed by atoms with E-state index in [1.54, 1.807) is 0 Å². The number of thiazole rings is 1. The predicted molar refractivity (Wildman–Crippen MR) is 66.8 cm³/mol. The van der Waals surface area contributed by atoms with E-state index in [4.69, 9.17) is 0 Å². The molecule has 1 atom stereocenters. The number of pyridine rings is 1. The molecular weight excluding hydrogens is 294 g/mol. The van der Waals surface area contributed by atoms with Gasteiger partial charge in [0, 0.05) is 17.3 Å². The zero-order chi connectivity index (χ0) is 14.8. The third kappa shape index (κ3) is 3.31. The molecule has 0 saturated heterocycles. The molecule has 3 nitrogen and oxygen atoms in total. The Balaban J connectivity index is 2.36. The normalized spacial score (nSPS) is 13.4. The molecule has 0 fully saturated rings. The Morgan fingerprint density at radius 1 is 1.30 bits per heavy atom. The van der Waals surface area contributed by atoms with Crippen molar-refractivity contribution in [2.75, 3.05) is 6.54 Å². The fraction of sp³-hybridized carbons (Fsp3) is 0.333. The number of aromatic nitrogens is 2. The molecule has 2 rings (SSSR count). The van der Waals surface area contributed by atoms with Gasteiger partial charge in [-0.25, -0.2) is 9.37 Å². The predicted octanol–water partition coefficient (Wildman–Crippen LogP) is 3.39. The summed E-state index contributed by atoms with van der Waals surface area (Å²) in [5, 5.41) is 2.09. The molecule has 0 aliphatic carbocycles. The molecule has 0 radical (unpaired) electrons. The minimum atomic E-state index is -4.47. The van der Waals surface area contributed by atoms with Gasteiger partial charge in [0.05, 0.1) is 12.2 Å². The van der Waals surface area contributed by atoms with Crippen molar-refractivity contribution in [3.63, 3.8) is 0 Å². The molecule has 0 aromatic carbocycles. The van der Waals surface area contributed by atoms with E-state index in [1.165, 1.54) is 12.3 Å². The van der Waals surface area contributed by atoms with Crippen LogP contribution in [0.15, 0.2) is 24.7 Å². The minimum Gasteiger partial charge on any atom is -0.306 e. The number of nitrogens with one attached hydrogen (secondary N) is 1. The Kier molecular flexibility index (Phi) is 4.34. The molecule has 2 aromatic heterocycles. The van der Waals surface area contributed by atoms with Gasteiger partial charge in [0.2, 0.25) is 0 Å². The van der Waals surface area contributed by atoms with E-state index in [2.05, 4.69) is 15.3 Å².